The van der Waals surface area contributed by atoms with Gasteiger partial charge in [-0.05, 0) is 50.8 Å². The lowest BCUT2D eigenvalue weighted by Gasteiger charge is -2.36. The number of anilines is 1. The fourth-order valence-corrected chi connectivity index (χ4v) is 4.32. The highest BCUT2D eigenvalue weighted by Gasteiger charge is 2.50. The smallest absolute Gasteiger partial charge is 0.270 e. The number of hydrogen-bond donors (Lipinski definition) is 1. The molecular weight excluding hydrogens is 361 g/mol. The molecule has 2 aromatic heterocycles. The van der Waals surface area contributed by atoms with Crippen molar-refractivity contribution in [3.63, 3.8) is 0 Å². The van der Waals surface area contributed by atoms with Crippen molar-refractivity contribution in [2.24, 2.45) is 5.41 Å². The molecule has 0 radical (unpaired) electrons. The summed E-state index contributed by atoms with van der Waals surface area (Å²) in [5.41, 5.74) is -0.157. The van der Waals surface area contributed by atoms with Crippen molar-refractivity contribution < 1.29 is 14.0 Å². The van der Waals surface area contributed by atoms with E-state index in [4.69, 9.17) is 0 Å². The second-order valence-electron chi connectivity index (χ2n) is 7.58. The molecule has 1 N–H and O–H groups in total. The van der Waals surface area contributed by atoms with E-state index >= 15 is 0 Å². The molecule has 2 fully saturated rings. The molecule has 28 heavy (non-hydrogen) atoms. The molecular formula is C20H22FN5O2. The molecule has 2 aromatic rings. The molecule has 0 bridgehead atoms. The van der Waals surface area contributed by atoms with Gasteiger partial charge in [0, 0.05) is 18.8 Å². The monoisotopic (exact) mass is 383 g/mol. The van der Waals surface area contributed by atoms with Crippen molar-refractivity contribution in [1.29, 1.82) is 0 Å². The van der Waals surface area contributed by atoms with Gasteiger partial charge in [-0.15, -0.1) is 0 Å². The van der Waals surface area contributed by atoms with Crippen LogP contribution in [0.2, 0.25) is 0 Å². The van der Waals surface area contributed by atoms with E-state index in [0.29, 0.717) is 36.7 Å². The maximum atomic E-state index is 13.2. The van der Waals surface area contributed by atoms with E-state index in [-0.39, 0.29) is 17.9 Å². The number of amides is 2. The lowest BCUT2D eigenvalue weighted by molar-refractivity contribution is -0.127. The van der Waals surface area contributed by atoms with Crippen molar-refractivity contribution in [2.75, 3.05) is 11.4 Å². The van der Waals surface area contributed by atoms with Crippen LogP contribution in [-0.4, -0.2) is 39.4 Å². The maximum Gasteiger partial charge on any atom is 0.270 e. The van der Waals surface area contributed by atoms with Crippen LogP contribution < -0.4 is 10.2 Å². The summed E-state index contributed by atoms with van der Waals surface area (Å²) >= 11 is 0. The Hall–Kier alpha value is -2.90. The Bertz CT molecular complexity index is 904. The van der Waals surface area contributed by atoms with Crippen LogP contribution in [0.15, 0.2) is 30.6 Å². The average molecular weight is 383 g/mol. The van der Waals surface area contributed by atoms with Crippen LogP contribution >= 0.6 is 0 Å². The first-order chi connectivity index (χ1) is 13.5. The van der Waals surface area contributed by atoms with Gasteiger partial charge >= 0.3 is 0 Å². The van der Waals surface area contributed by atoms with Crippen molar-refractivity contribution in [3.05, 3.63) is 47.9 Å². The number of carbonyl (C=O) groups excluding carboxylic acids is 2. The molecule has 2 amide bonds. The summed E-state index contributed by atoms with van der Waals surface area (Å²) < 4.78 is 13.1. The van der Waals surface area contributed by atoms with Crippen LogP contribution in [0.25, 0.3) is 0 Å². The third-order valence-electron chi connectivity index (χ3n) is 5.69. The minimum absolute atomic E-state index is 0.0171. The van der Waals surface area contributed by atoms with Gasteiger partial charge in [-0.1, -0.05) is 6.42 Å². The molecule has 2 atom stereocenters. The van der Waals surface area contributed by atoms with Gasteiger partial charge in [0.25, 0.3) is 5.91 Å². The second kappa shape index (κ2) is 7.26. The summed E-state index contributed by atoms with van der Waals surface area (Å²) in [5.74, 6) is 0.371. The van der Waals surface area contributed by atoms with E-state index in [1.54, 1.807) is 24.1 Å². The molecule has 2 aliphatic rings. The first kappa shape index (κ1) is 18.5. The summed E-state index contributed by atoms with van der Waals surface area (Å²) in [4.78, 5) is 39.6. The molecule has 1 spiro atoms. The number of pyridine rings is 1. The maximum absolute atomic E-state index is 13.2. The molecule has 8 heteroatoms. The fourth-order valence-electron chi connectivity index (χ4n) is 4.32. The predicted octanol–water partition coefficient (Wildman–Crippen LogP) is 2.41. The number of aryl methyl sites for hydroxylation is 1. The van der Waals surface area contributed by atoms with Crippen molar-refractivity contribution in [2.45, 2.75) is 45.1 Å². The van der Waals surface area contributed by atoms with E-state index in [2.05, 4.69) is 20.3 Å². The van der Waals surface area contributed by atoms with E-state index in [9.17, 15) is 14.0 Å². The standard InChI is InChI=1S/C20H22FN5O2/c1-13-22-9-6-16(24-13)18(27)25-15-3-2-7-20(11-15)8-10-26(19(20)28)17-5-4-14(21)12-23-17/h4-6,9,12,15H,2-3,7-8,10-11H2,1H3,(H,25,27)/t15-,20+/m1/s1. The van der Waals surface area contributed by atoms with Gasteiger partial charge in [0.1, 0.15) is 23.2 Å². The van der Waals surface area contributed by atoms with Gasteiger partial charge in [0.05, 0.1) is 11.6 Å². The van der Waals surface area contributed by atoms with Gasteiger partial charge in [0.2, 0.25) is 5.91 Å². The minimum Gasteiger partial charge on any atom is -0.348 e. The highest BCUT2D eigenvalue weighted by molar-refractivity contribution is 5.99. The number of rotatable bonds is 3. The zero-order valence-electron chi connectivity index (χ0n) is 15.7. The number of nitrogens with one attached hydrogen (secondary N) is 1. The summed E-state index contributed by atoms with van der Waals surface area (Å²) in [7, 11) is 0. The molecule has 1 saturated heterocycles. The summed E-state index contributed by atoms with van der Waals surface area (Å²) in [6.07, 6.45) is 6.49. The zero-order valence-corrected chi connectivity index (χ0v) is 15.7. The van der Waals surface area contributed by atoms with Crippen LogP contribution in [0.4, 0.5) is 10.2 Å². The van der Waals surface area contributed by atoms with E-state index in [1.807, 2.05) is 0 Å². The molecule has 4 rings (SSSR count). The van der Waals surface area contributed by atoms with Gasteiger partial charge in [-0.25, -0.2) is 19.3 Å². The average Bonchev–Trinajstić information content (AvgIpc) is 2.98. The van der Waals surface area contributed by atoms with Gasteiger partial charge in [-0.3, -0.25) is 14.5 Å². The lowest BCUT2D eigenvalue weighted by atomic mass is 9.71. The molecule has 0 aromatic carbocycles. The van der Waals surface area contributed by atoms with Gasteiger partial charge in [-0.2, -0.15) is 0 Å². The molecule has 1 saturated carbocycles. The Morgan fingerprint density at radius 3 is 2.89 bits per heavy atom. The highest BCUT2D eigenvalue weighted by Crippen LogP contribution is 2.45. The molecule has 1 aliphatic heterocycles. The fraction of sp³-hybridized carbons (Fsp3) is 0.450. The third-order valence-corrected chi connectivity index (χ3v) is 5.69. The highest BCUT2D eigenvalue weighted by atomic mass is 19.1. The van der Waals surface area contributed by atoms with E-state index in [1.165, 1.54) is 12.1 Å². The lowest BCUT2D eigenvalue weighted by Crippen LogP contribution is -2.46. The van der Waals surface area contributed by atoms with Crippen molar-refractivity contribution >= 4 is 17.6 Å². The number of carbonyl (C=O) groups is 2. The van der Waals surface area contributed by atoms with Crippen LogP contribution in [0.3, 0.4) is 0 Å². The Morgan fingerprint density at radius 1 is 1.29 bits per heavy atom. The number of aromatic nitrogens is 3. The van der Waals surface area contributed by atoms with Crippen molar-refractivity contribution in [3.8, 4) is 0 Å². The summed E-state index contributed by atoms with van der Waals surface area (Å²) in [5, 5.41) is 3.03. The van der Waals surface area contributed by atoms with Gasteiger partial charge < -0.3 is 5.32 Å². The molecule has 146 valence electrons. The third kappa shape index (κ3) is 3.46. The van der Waals surface area contributed by atoms with Crippen molar-refractivity contribution in [1.82, 2.24) is 20.3 Å². The molecule has 1 aliphatic carbocycles. The summed E-state index contributed by atoms with van der Waals surface area (Å²) in [6, 6.07) is 4.35. The number of halogens is 1. The Labute approximate surface area is 162 Å². The normalized spacial score (nSPS) is 24.6. The second-order valence-corrected chi connectivity index (χ2v) is 7.58. The largest absolute Gasteiger partial charge is 0.348 e. The molecule has 0 unspecified atom stereocenters. The topological polar surface area (TPSA) is 88.1 Å². The van der Waals surface area contributed by atoms with E-state index in [0.717, 1.165) is 25.5 Å². The minimum atomic E-state index is -0.492. The zero-order chi connectivity index (χ0) is 19.7. The number of nitrogens with zero attached hydrogens (tertiary/aromatic N) is 4. The SMILES string of the molecule is Cc1nccc(C(=O)N[C@@H]2CCC[C@]3(CCN(c4ccc(F)cn4)C3=O)C2)n1. The first-order valence-corrected chi connectivity index (χ1v) is 9.51. The van der Waals surface area contributed by atoms with Gasteiger partial charge in [0.15, 0.2) is 0 Å². The Balaban J connectivity index is 1.46. The van der Waals surface area contributed by atoms with Crippen LogP contribution in [-0.2, 0) is 4.79 Å². The number of hydrogen-bond acceptors (Lipinski definition) is 5. The van der Waals surface area contributed by atoms with E-state index < -0.39 is 11.2 Å². The Kier molecular flexibility index (Phi) is 4.78. The Morgan fingerprint density at radius 2 is 2.14 bits per heavy atom. The molecule has 3 heterocycles. The molecule has 7 nitrogen and oxygen atoms in total. The van der Waals surface area contributed by atoms with Crippen LogP contribution in [0, 0.1) is 18.2 Å². The van der Waals surface area contributed by atoms with Crippen LogP contribution in [0.1, 0.15) is 48.4 Å². The summed E-state index contributed by atoms with van der Waals surface area (Å²) in [6.45, 7) is 2.30. The van der Waals surface area contributed by atoms with Crippen LogP contribution in [0.5, 0.6) is 0 Å². The first-order valence-electron chi connectivity index (χ1n) is 9.51. The quantitative estimate of drug-likeness (QED) is 0.879. The predicted molar refractivity (Wildman–Crippen MR) is 100 cm³/mol.